The minimum atomic E-state index is -5.08. The van der Waals surface area contributed by atoms with Crippen LogP contribution in [-0.2, 0) is 5.54 Å². The van der Waals surface area contributed by atoms with Crippen LogP contribution in [0.15, 0.2) is 54.7 Å². The average Bonchev–Trinajstić information content (AvgIpc) is 2.79. The Kier molecular flexibility index (Phi) is 6.10. The number of nitrogens with one attached hydrogen (secondary N) is 1. The maximum Gasteiger partial charge on any atom is 0.573 e. The molecule has 1 aliphatic rings. The summed E-state index contributed by atoms with van der Waals surface area (Å²) in [6.45, 7) is 1.63. The molecule has 1 amide bonds. The van der Waals surface area contributed by atoms with E-state index in [-0.39, 0.29) is 35.4 Å². The van der Waals surface area contributed by atoms with Gasteiger partial charge in [0.25, 0.3) is 5.91 Å². The number of nitrogens with zero attached hydrogens (tertiary/aromatic N) is 1. The van der Waals surface area contributed by atoms with Crippen LogP contribution in [0, 0.1) is 12.7 Å². The summed E-state index contributed by atoms with van der Waals surface area (Å²) in [5, 5.41) is 12.1. The van der Waals surface area contributed by atoms with Gasteiger partial charge >= 0.3 is 12.3 Å². The lowest BCUT2D eigenvalue weighted by atomic mass is 9.81. The third-order valence-electron chi connectivity index (χ3n) is 5.61. The van der Waals surface area contributed by atoms with E-state index in [0.29, 0.717) is 11.3 Å². The molecule has 0 radical (unpaired) electrons. The van der Waals surface area contributed by atoms with Gasteiger partial charge in [-0.05, 0) is 60.5 Å². The Bertz CT molecular complexity index is 1310. The fourth-order valence-corrected chi connectivity index (χ4v) is 4.02. The van der Waals surface area contributed by atoms with Gasteiger partial charge in [-0.25, -0.2) is 9.18 Å². The second-order valence-corrected chi connectivity index (χ2v) is 7.84. The zero-order valence-corrected chi connectivity index (χ0v) is 18.1. The van der Waals surface area contributed by atoms with Crippen LogP contribution in [0.3, 0.4) is 0 Å². The highest BCUT2D eigenvalue weighted by molar-refractivity contribution is 5.97. The molecule has 11 heteroatoms. The van der Waals surface area contributed by atoms with Crippen molar-refractivity contribution in [3.05, 3.63) is 88.5 Å². The lowest BCUT2D eigenvalue weighted by Gasteiger charge is -2.39. The first kappa shape index (κ1) is 24.0. The van der Waals surface area contributed by atoms with Gasteiger partial charge in [0.2, 0.25) is 0 Å². The third kappa shape index (κ3) is 4.75. The summed E-state index contributed by atoms with van der Waals surface area (Å²) in [5.74, 6) is -3.76. The quantitative estimate of drug-likeness (QED) is 0.508. The zero-order valence-electron chi connectivity index (χ0n) is 18.1. The van der Waals surface area contributed by atoms with E-state index in [0.717, 1.165) is 12.1 Å². The fourth-order valence-electron chi connectivity index (χ4n) is 4.02. The Morgan fingerprint density at radius 3 is 2.60 bits per heavy atom. The number of amides is 1. The van der Waals surface area contributed by atoms with Crippen LogP contribution in [-0.4, -0.2) is 34.9 Å². The number of ether oxygens (including phenoxy) is 2. The first-order chi connectivity index (χ1) is 16.5. The number of halogens is 4. The molecule has 182 valence electrons. The van der Waals surface area contributed by atoms with Gasteiger partial charge in [0.1, 0.15) is 17.0 Å². The van der Waals surface area contributed by atoms with Crippen LogP contribution in [0.5, 0.6) is 11.5 Å². The minimum absolute atomic E-state index is 0.0247. The predicted octanol–water partition coefficient (Wildman–Crippen LogP) is 4.58. The Balaban J connectivity index is 1.79. The van der Waals surface area contributed by atoms with Gasteiger partial charge in [0, 0.05) is 18.2 Å². The van der Waals surface area contributed by atoms with Crippen molar-refractivity contribution in [2.24, 2.45) is 0 Å². The number of carboxylic acids is 1. The van der Waals surface area contributed by atoms with Crippen molar-refractivity contribution in [2.75, 3.05) is 6.61 Å². The molecule has 0 saturated carbocycles. The molecule has 7 nitrogen and oxygen atoms in total. The highest BCUT2D eigenvalue weighted by Gasteiger charge is 2.43. The van der Waals surface area contributed by atoms with Crippen LogP contribution >= 0.6 is 0 Å². The molecule has 1 atom stereocenters. The summed E-state index contributed by atoms with van der Waals surface area (Å²) in [6.07, 6.45) is -3.55. The van der Waals surface area contributed by atoms with Gasteiger partial charge in [-0.2, -0.15) is 0 Å². The van der Waals surface area contributed by atoms with Crippen molar-refractivity contribution in [3.8, 4) is 11.5 Å². The molecule has 0 spiro atoms. The number of carbonyl (C=O) groups is 2. The lowest BCUT2D eigenvalue weighted by molar-refractivity contribution is -0.275. The maximum absolute atomic E-state index is 14.7. The monoisotopic (exact) mass is 490 g/mol. The van der Waals surface area contributed by atoms with Crippen LogP contribution in [0.1, 0.15) is 44.0 Å². The number of rotatable bonds is 5. The molecule has 3 aromatic rings. The molecule has 0 bridgehead atoms. The molecule has 35 heavy (non-hydrogen) atoms. The van der Waals surface area contributed by atoms with Gasteiger partial charge in [0.05, 0.1) is 12.2 Å². The van der Waals surface area contributed by atoms with Crippen LogP contribution in [0.25, 0.3) is 0 Å². The molecule has 0 saturated heterocycles. The number of benzene rings is 2. The van der Waals surface area contributed by atoms with Crippen molar-refractivity contribution in [1.82, 2.24) is 10.3 Å². The van der Waals surface area contributed by atoms with Gasteiger partial charge in [-0.15, -0.1) is 13.2 Å². The SMILES string of the molecule is Cc1cc(C(=O)N[C@]2(c3ccc(OC(F)(F)F)c(F)c3)CCOc3cccnc32)ccc1C(=O)O. The first-order valence-electron chi connectivity index (χ1n) is 10.3. The molecule has 2 N–H and O–H groups in total. The number of fused-ring (bicyclic) bond motifs is 1. The van der Waals surface area contributed by atoms with E-state index in [1.165, 1.54) is 37.4 Å². The number of alkyl halides is 3. The highest BCUT2D eigenvalue weighted by atomic mass is 19.4. The normalized spacial score (nSPS) is 17.2. The average molecular weight is 490 g/mol. The van der Waals surface area contributed by atoms with Crippen molar-refractivity contribution in [3.63, 3.8) is 0 Å². The van der Waals surface area contributed by atoms with Crippen LogP contribution < -0.4 is 14.8 Å². The van der Waals surface area contributed by atoms with Crippen molar-refractivity contribution in [1.29, 1.82) is 0 Å². The summed E-state index contributed by atoms with van der Waals surface area (Å²) in [6, 6.07) is 10.1. The van der Waals surface area contributed by atoms with Gasteiger partial charge < -0.3 is 19.9 Å². The molecule has 2 aromatic carbocycles. The lowest BCUT2D eigenvalue weighted by Crippen LogP contribution is -2.50. The van der Waals surface area contributed by atoms with Gasteiger partial charge in [-0.1, -0.05) is 6.07 Å². The summed E-state index contributed by atoms with van der Waals surface area (Å²) in [7, 11) is 0. The second kappa shape index (κ2) is 8.90. The molecule has 1 aliphatic heterocycles. The van der Waals surface area contributed by atoms with Gasteiger partial charge in [-0.3, -0.25) is 9.78 Å². The summed E-state index contributed by atoms with van der Waals surface area (Å²) in [4.78, 5) is 28.9. The number of hydrogen-bond acceptors (Lipinski definition) is 5. The predicted molar refractivity (Wildman–Crippen MR) is 114 cm³/mol. The molecule has 0 fully saturated rings. The standard InChI is InChI=1S/C24H18F4N2O5/c1-13-11-14(4-6-16(13)22(32)33)21(31)30-23(8-10-34-19-3-2-9-29-20(19)23)15-5-7-18(17(25)12-15)35-24(26,27)28/h2-7,9,11-12H,8,10H2,1H3,(H,30,31)(H,32,33)/t23-/m0/s1. The number of hydrogen-bond donors (Lipinski definition) is 2. The molecular weight excluding hydrogens is 472 g/mol. The van der Waals surface area contributed by atoms with E-state index in [4.69, 9.17) is 4.74 Å². The molecule has 4 rings (SSSR count). The zero-order chi connectivity index (χ0) is 25.4. The maximum atomic E-state index is 14.7. The van der Waals surface area contributed by atoms with Crippen molar-refractivity contribution in [2.45, 2.75) is 25.2 Å². The van der Waals surface area contributed by atoms with Crippen molar-refractivity contribution >= 4 is 11.9 Å². The highest BCUT2D eigenvalue weighted by Crippen LogP contribution is 2.42. The summed E-state index contributed by atoms with van der Waals surface area (Å²) >= 11 is 0. The molecule has 0 unspecified atom stereocenters. The summed E-state index contributed by atoms with van der Waals surface area (Å²) < 4.78 is 61.8. The fraction of sp³-hybridized carbons (Fsp3) is 0.208. The van der Waals surface area contributed by atoms with Crippen molar-refractivity contribution < 1.29 is 41.7 Å². The number of aromatic carboxylic acids is 1. The first-order valence-corrected chi connectivity index (χ1v) is 10.3. The second-order valence-electron chi connectivity index (χ2n) is 7.84. The topological polar surface area (TPSA) is 97.8 Å². The van der Waals surface area contributed by atoms with E-state index in [9.17, 15) is 32.3 Å². The Hall–Kier alpha value is -4.15. The summed E-state index contributed by atoms with van der Waals surface area (Å²) in [5.41, 5.74) is -0.583. The van der Waals surface area contributed by atoms with E-state index < -0.39 is 35.3 Å². The number of pyridine rings is 1. The van der Waals surface area contributed by atoms with Crippen LogP contribution in [0.4, 0.5) is 17.6 Å². The molecule has 2 heterocycles. The number of aromatic nitrogens is 1. The van der Waals surface area contributed by atoms with Gasteiger partial charge in [0.15, 0.2) is 11.6 Å². The van der Waals surface area contributed by atoms with E-state index in [2.05, 4.69) is 15.0 Å². The Labute approximate surface area is 196 Å². The Morgan fingerprint density at radius 1 is 1.17 bits per heavy atom. The molecule has 0 aliphatic carbocycles. The van der Waals surface area contributed by atoms with E-state index >= 15 is 0 Å². The van der Waals surface area contributed by atoms with Crippen LogP contribution in [0.2, 0.25) is 0 Å². The minimum Gasteiger partial charge on any atom is -0.491 e. The Morgan fingerprint density at radius 2 is 1.94 bits per heavy atom. The van der Waals surface area contributed by atoms with E-state index in [1.54, 1.807) is 12.1 Å². The van der Waals surface area contributed by atoms with E-state index in [1.807, 2.05) is 0 Å². The third-order valence-corrected chi connectivity index (χ3v) is 5.61. The number of aryl methyl sites for hydroxylation is 1. The number of carbonyl (C=O) groups excluding carboxylic acids is 1. The smallest absolute Gasteiger partial charge is 0.491 e. The number of carboxylic acid groups (broad SMARTS) is 1. The largest absolute Gasteiger partial charge is 0.573 e. The molecular formula is C24H18F4N2O5. The molecule has 1 aromatic heterocycles.